The Kier molecular flexibility index (Phi) is 1.72. The molecule has 2 nitrogen and oxygen atoms in total. The molecular weight excluding hydrogens is 184 g/mol. The Bertz CT molecular complexity index is 527. The van der Waals surface area contributed by atoms with E-state index in [-0.39, 0.29) is 0 Å². The second-order valence-electron chi connectivity index (χ2n) is 4.43. The fraction of sp³-hybridized carbons (Fsp3) is 0.308. The van der Waals surface area contributed by atoms with Gasteiger partial charge in [0.05, 0.1) is 5.52 Å². The zero-order valence-electron chi connectivity index (χ0n) is 8.83. The van der Waals surface area contributed by atoms with E-state index in [2.05, 4.69) is 30.1 Å². The lowest BCUT2D eigenvalue weighted by Gasteiger charge is -2.06. The van der Waals surface area contributed by atoms with E-state index in [1.54, 1.807) is 0 Å². The average molecular weight is 198 g/mol. The molecule has 0 aliphatic heterocycles. The third-order valence-corrected chi connectivity index (χ3v) is 3.01. The number of fused-ring (bicyclic) bond motifs is 1. The number of hydrogen-bond donors (Lipinski definition) is 1. The fourth-order valence-electron chi connectivity index (χ4n) is 1.97. The molecule has 1 heterocycles. The first-order valence-corrected chi connectivity index (χ1v) is 5.41. The number of anilines is 1. The van der Waals surface area contributed by atoms with Gasteiger partial charge in [-0.15, -0.1) is 0 Å². The Hall–Kier alpha value is -1.57. The number of hydrogen-bond acceptors (Lipinski definition) is 2. The number of aromatic nitrogens is 1. The van der Waals surface area contributed by atoms with Crippen molar-refractivity contribution in [3.63, 3.8) is 0 Å². The molecule has 76 valence electrons. The average Bonchev–Trinajstić information content (AvgIpc) is 2.99. The maximum Gasteiger partial charge on any atom is 0.0728 e. The monoisotopic (exact) mass is 198 g/mol. The van der Waals surface area contributed by atoms with Crippen LogP contribution in [0.4, 0.5) is 5.69 Å². The van der Waals surface area contributed by atoms with Crippen LogP contribution in [0.3, 0.4) is 0 Å². The van der Waals surface area contributed by atoms with Crippen LogP contribution in [0.1, 0.15) is 30.0 Å². The third-order valence-electron chi connectivity index (χ3n) is 3.01. The van der Waals surface area contributed by atoms with Crippen LogP contribution in [0.15, 0.2) is 24.3 Å². The predicted octanol–water partition coefficient (Wildman–Crippen LogP) is 3.00. The number of nitrogen functional groups attached to an aromatic ring is 1. The van der Waals surface area contributed by atoms with Gasteiger partial charge in [-0.2, -0.15) is 0 Å². The van der Waals surface area contributed by atoms with Crippen LogP contribution in [0.5, 0.6) is 0 Å². The highest BCUT2D eigenvalue weighted by Gasteiger charge is 2.25. The van der Waals surface area contributed by atoms with Crippen molar-refractivity contribution < 1.29 is 0 Å². The van der Waals surface area contributed by atoms with Crippen molar-refractivity contribution in [1.29, 1.82) is 0 Å². The minimum absolute atomic E-state index is 0.664. The van der Waals surface area contributed by atoms with Gasteiger partial charge in [-0.25, -0.2) is 0 Å². The van der Waals surface area contributed by atoms with Crippen LogP contribution in [0.2, 0.25) is 0 Å². The van der Waals surface area contributed by atoms with Crippen molar-refractivity contribution in [1.82, 2.24) is 4.98 Å². The first-order valence-electron chi connectivity index (χ1n) is 5.41. The molecule has 2 heteroatoms. The molecular formula is C13H14N2. The van der Waals surface area contributed by atoms with Crippen LogP contribution in [-0.2, 0) is 0 Å². The molecule has 0 unspecified atom stereocenters. The van der Waals surface area contributed by atoms with Crippen LogP contribution in [-0.4, -0.2) is 4.98 Å². The highest BCUT2D eigenvalue weighted by Crippen LogP contribution is 2.40. The number of nitrogens with two attached hydrogens (primary N) is 1. The van der Waals surface area contributed by atoms with Crippen LogP contribution >= 0.6 is 0 Å². The molecule has 15 heavy (non-hydrogen) atoms. The van der Waals surface area contributed by atoms with Crippen molar-refractivity contribution in [2.75, 3.05) is 5.73 Å². The molecule has 0 amide bonds. The molecule has 1 saturated carbocycles. The van der Waals surface area contributed by atoms with Gasteiger partial charge in [-0.3, -0.25) is 4.98 Å². The van der Waals surface area contributed by atoms with Crippen molar-refractivity contribution in [2.24, 2.45) is 0 Å². The SMILES string of the molecule is Cc1ccc2c(N)cc(C3CC3)nc2c1. The maximum absolute atomic E-state index is 6.03. The van der Waals surface area contributed by atoms with E-state index in [1.165, 1.54) is 24.1 Å². The second-order valence-corrected chi connectivity index (χ2v) is 4.43. The summed E-state index contributed by atoms with van der Waals surface area (Å²) in [6.45, 7) is 2.08. The first-order chi connectivity index (χ1) is 7.24. The number of rotatable bonds is 1. The molecule has 1 aliphatic rings. The Morgan fingerprint density at radius 2 is 2.07 bits per heavy atom. The normalized spacial score (nSPS) is 15.8. The van der Waals surface area contributed by atoms with Crippen LogP contribution in [0.25, 0.3) is 10.9 Å². The van der Waals surface area contributed by atoms with E-state index in [0.29, 0.717) is 5.92 Å². The van der Waals surface area contributed by atoms with E-state index in [9.17, 15) is 0 Å². The summed E-state index contributed by atoms with van der Waals surface area (Å²) in [5.74, 6) is 0.664. The zero-order chi connectivity index (χ0) is 10.4. The van der Waals surface area contributed by atoms with Crippen LogP contribution in [0, 0.1) is 6.92 Å². The lowest BCUT2D eigenvalue weighted by Crippen LogP contribution is -1.94. The largest absolute Gasteiger partial charge is 0.398 e. The molecule has 1 aromatic heterocycles. The topological polar surface area (TPSA) is 38.9 Å². The molecule has 0 saturated heterocycles. The number of aryl methyl sites for hydroxylation is 1. The molecule has 2 N–H and O–H groups in total. The molecule has 2 aromatic rings. The zero-order valence-corrected chi connectivity index (χ0v) is 8.83. The minimum atomic E-state index is 0.664. The van der Waals surface area contributed by atoms with Gasteiger partial charge < -0.3 is 5.73 Å². The van der Waals surface area contributed by atoms with E-state index < -0.39 is 0 Å². The van der Waals surface area contributed by atoms with Crippen molar-refractivity contribution in [2.45, 2.75) is 25.7 Å². The summed E-state index contributed by atoms with van der Waals surface area (Å²) in [5.41, 5.74) is 10.3. The molecule has 0 bridgehead atoms. The highest BCUT2D eigenvalue weighted by molar-refractivity contribution is 5.90. The first kappa shape index (κ1) is 8.72. The van der Waals surface area contributed by atoms with Gasteiger partial charge in [0.1, 0.15) is 0 Å². The third kappa shape index (κ3) is 1.46. The van der Waals surface area contributed by atoms with E-state index >= 15 is 0 Å². The molecule has 3 rings (SSSR count). The Labute approximate surface area is 89.1 Å². The van der Waals surface area contributed by atoms with Gasteiger partial charge in [0, 0.05) is 22.7 Å². The number of pyridine rings is 1. The Balaban J connectivity index is 2.27. The minimum Gasteiger partial charge on any atom is -0.398 e. The second kappa shape index (κ2) is 2.96. The molecule has 0 radical (unpaired) electrons. The lowest BCUT2D eigenvalue weighted by atomic mass is 10.1. The highest BCUT2D eigenvalue weighted by atomic mass is 14.7. The number of nitrogens with zero attached hydrogens (tertiary/aromatic N) is 1. The van der Waals surface area contributed by atoms with Gasteiger partial charge in [-0.05, 0) is 37.5 Å². The van der Waals surface area contributed by atoms with E-state index in [4.69, 9.17) is 5.73 Å². The van der Waals surface area contributed by atoms with Crippen molar-refractivity contribution in [3.05, 3.63) is 35.5 Å². The van der Waals surface area contributed by atoms with Gasteiger partial charge in [0.25, 0.3) is 0 Å². The lowest BCUT2D eigenvalue weighted by molar-refractivity contribution is 1.04. The molecule has 1 aliphatic carbocycles. The summed E-state index contributed by atoms with van der Waals surface area (Å²) in [6.07, 6.45) is 2.54. The molecule has 1 aromatic carbocycles. The van der Waals surface area contributed by atoms with E-state index in [0.717, 1.165) is 16.6 Å². The quantitative estimate of drug-likeness (QED) is 0.765. The van der Waals surface area contributed by atoms with Crippen LogP contribution < -0.4 is 5.73 Å². The summed E-state index contributed by atoms with van der Waals surface area (Å²) in [7, 11) is 0. The molecule has 0 atom stereocenters. The summed E-state index contributed by atoms with van der Waals surface area (Å²) in [4.78, 5) is 4.68. The molecule has 1 fully saturated rings. The Morgan fingerprint density at radius 3 is 2.80 bits per heavy atom. The van der Waals surface area contributed by atoms with Gasteiger partial charge in [0.2, 0.25) is 0 Å². The smallest absolute Gasteiger partial charge is 0.0728 e. The standard InChI is InChI=1S/C13H14N2/c1-8-2-5-10-11(14)7-12(9-3-4-9)15-13(10)6-8/h2,5-7,9H,3-4H2,1H3,(H2,14,15). The summed E-state index contributed by atoms with van der Waals surface area (Å²) >= 11 is 0. The predicted molar refractivity (Wildman–Crippen MR) is 62.9 cm³/mol. The van der Waals surface area contributed by atoms with Gasteiger partial charge in [-0.1, -0.05) is 12.1 Å². The van der Waals surface area contributed by atoms with Gasteiger partial charge >= 0.3 is 0 Å². The van der Waals surface area contributed by atoms with Crippen molar-refractivity contribution >= 4 is 16.6 Å². The molecule has 0 spiro atoms. The summed E-state index contributed by atoms with van der Waals surface area (Å²) in [6, 6.07) is 8.29. The van der Waals surface area contributed by atoms with Gasteiger partial charge in [0.15, 0.2) is 0 Å². The van der Waals surface area contributed by atoms with E-state index in [1.807, 2.05) is 6.07 Å². The van der Waals surface area contributed by atoms with Crippen molar-refractivity contribution in [3.8, 4) is 0 Å². The summed E-state index contributed by atoms with van der Waals surface area (Å²) < 4.78 is 0. The maximum atomic E-state index is 6.03. The number of benzene rings is 1. The Morgan fingerprint density at radius 1 is 1.27 bits per heavy atom. The fourth-order valence-corrected chi connectivity index (χ4v) is 1.97. The summed E-state index contributed by atoms with van der Waals surface area (Å²) in [5, 5.41) is 1.07.